The van der Waals surface area contributed by atoms with Gasteiger partial charge in [0.15, 0.2) is 0 Å². The standard InChI is InChI=1S/C17H16ClF3N4/c1-2-13-24-12-7-10(18)15(17(19,20)21)14(16(12)25-13)11-4-3-9(5-6-22)8-23-11/h3-4,7-8,10H,2,5-6,22H2,1H3. The molecule has 3 rings (SSSR count). The molecule has 0 bridgehead atoms. The predicted molar refractivity (Wildman–Crippen MR) is 92.9 cm³/mol. The Morgan fingerprint density at radius 3 is 2.56 bits per heavy atom. The molecule has 2 N–H and O–H groups in total. The second-order valence-corrected chi connectivity index (χ2v) is 6.14. The Balaban J connectivity index is 2.16. The maximum Gasteiger partial charge on any atom is 0.415 e. The van der Waals surface area contributed by atoms with Crippen molar-refractivity contribution < 1.29 is 13.2 Å². The fourth-order valence-corrected chi connectivity index (χ4v) is 3.15. The highest BCUT2D eigenvalue weighted by Crippen LogP contribution is 2.43. The third-order valence-electron chi connectivity index (χ3n) is 3.95. The van der Waals surface area contributed by atoms with E-state index in [0.717, 1.165) is 5.56 Å². The summed E-state index contributed by atoms with van der Waals surface area (Å²) in [4.78, 5) is 12.7. The SMILES string of the molecule is CCC1=NC2=CC(Cl)C(C(F)(F)F)=C(c3ccc(CCN)cn3)C2=N1. The van der Waals surface area contributed by atoms with Gasteiger partial charge in [-0.2, -0.15) is 13.2 Å². The molecule has 2 heterocycles. The van der Waals surface area contributed by atoms with E-state index in [9.17, 15) is 13.2 Å². The number of allylic oxidation sites excluding steroid dienone is 3. The van der Waals surface area contributed by atoms with Crippen LogP contribution in [0.1, 0.15) is 24.6 Å². The number of alkyl halides is 4. The minimum absolute atomic E-state index is 0.100. The Labute approximate surface area is 148 Å². The van der Waals surface area contributed by atoms with E-state index < -0.39 is 17.1 Å². The number of fused-ring (bicyclic) bond motifs is 1. The van der Waals surface area contributed by atoms with Gasteiger partial charge in [-0.3, -0.25) is 4.98 Å². The van der Waals surface area contributed by atoms with Gasteiger partial charge in [0.1, 0.15) is 11.5 Å². The van der Waals surface area contributed by atoms with Crippen LogP contribution in [-0.4, -0.2) is 34.6 Å². The summed E-state index contributed by atoms with van der Waals surface area (Å²) in [6.07, 6.45) is -0.657. The summed E-state index contributed by atoms with van der Waals surface area (Å²) in [5, 5.41) is -1.34. The predicted octanol–water partition coefficient (Wildman–Crippen LogP) is 3.67. The second-order valence-electron chi connectivity index (χ2n) is 5.67. The fraction of sp³-hybridized carbons (Fsp3) is 0.353. The fourth-order valence-electron chi connectivity index (χ4n) is 2.79. The summed E-state index contributed by atoms with van der Waals surface area (Å²) >= 11 is 6.03. The highest BCUT2D eigenvalue weighted by atomic mass is 35.5. The first kappa shape index (κ1) is 17.8. The van der Waals surface area contributed by atoms with Crippen molar-refractivity contribution in [2.75, 3.05) is 6.54 Å². The summed E-state index contributed by atoms with van der Waals surface area (Å²) in [6, 6.07) is 3.26. The number of aromatic nitrogens is 1. The van der Waals surface area contributed by atoms with Crippen LogP contribution in [0.4, 0.5) is 13.2 Å². The molecule has 8 heteroatoms. The van der Waals surface area contributed by atoms with Gasteiger partial charge in [0.05, 0.1) is 22.3 Å². The molecule has 1 atom stereocenters. The van der Waals surface area contributed by atoms with Crippen molar-refractivity contribution in [2.24, 2.45) is 15.7 Å². The van der Waals surface area contributed by atoms with Gasteiger partial charge in [-0.25, -0.2) is 9.98 Å². The van der Waals surface area contributed by atoms with E-state index in [1.807, 2.05) is 6.92 Å². The van der Waals surface area contributed by atoms with Crippen molar-refractivity contribution in [3.8, 4) is 0 Å². The van der Waals surface area contributed by atoms with Crippen LogP contribution in [0, 0.1) is 0 Å². The molecule has 0 spiro atoms. The third-order valence-corrected chi connectivity index (χ3v) is 4.30. The number of halogens is 4. The Kier molecular flexibility index (Phi) is 4.79. The summed E-state index contributed by atoms with van der Waals surface area (Å²) in [7, 11) is 0. The molecule has 1 aliphatic carbocycles. The lowest BCUT2D eigenvalue weighted by molar-refractivity contribution is -0.0918. The molecule has 0 aromatic carbocycles. The van der Waals surface area contributed by atoms with Crippen LogP contribution >= 0.6 is 11.6 Å². The minimum Gasteiger partial charge on any atom is -0.330 e. The number of nitrogens with zero attached hydrogens (tertiary/aromatic N) is 3. The van der Waals surface area contributed by atoms with Gasteiger partial charge in [-0.1, -0.05) is 13.0 Å². The lowest BCUT2D eigenvalue weighted by Gasteiger charge is -2.24. The Morgan fingerprint density at radius 1 is 1.24 bits per heavy atom. The van der Waals surface area contributed by atoms with E-state index in [0.29, 0.717) is 30.9 Å². The quantitative estimate of drug-likeness (QED) is 0.824. The Morgan fingerprint density at radius 2 is 2.00 bits per heavy atom. The second kappa shape index (κ2) is 6.72. The zero-order valence-corrected chi connectivity index (χ0v) is 14.2. The summed E-state index contributed by atoms with van der Waals surface area (Å²) in [5.41, 5.74) is 6.12. The smallest absolute Gasteiger partial charge is 0.330 e. The van der Waals surface area contributed by atoms with Gasteiger partial charge in [0.25, 0.3) is 0 Å². The maximum absolute atomic E-state index is 13.7. The van der Waals surface area contributed by atoms with Crippen molar-refractivity contribution in [3.63, 3.8) is 0 Å². The first-order chi connectivity index (χ1) is 11.8. The molecule has 4 nitrogen and oxygen atoms in total. The van der Waals surface area contributed by atoms with E-state index in [1.165, 1.54) is 12.3 Å². The number of rotatable bonds is 4. The van der Waals surface area contributed by atoms with Crippen LogP contribution in [0.15, 0.2) is 45.7 Å². The Bertz CT molecular complexity index is 804. The Hall–Kier alpha value is -1.99. The van der Waals surface area contributed by atoms with Crippen LogP contribution in [0.2, 0.25) is 0 Å². The average molecular weight is 369 g/mol. The normalized spacial score (nSPS) is 20.2. The van der Waals surface area contributed by atoms with Crippen LogP contribution < -0.4 is 5.73 Å². The van der Waals surface area contributed by atoms with Crippen molar-refractivity contribution in [1.82, 2.24) is 4.98 Å². The number of nitrogens with two attached hydrogens (primary N) is 1. The van der Waals surface area contributed by atoms with E-state index in [2.05, 4.69) is 15.0 Å². The zero-order chi connectivity index (χ0) is 18.2. The molecule has 0 radical (unpaired) electrons. The molecule has 1 unspecified atom stereocenters. The van der Waals surface area contributed by atoms with Crippen molar-refractivity contribution in [2.45, 2.75) is 31.3 Å². The molecule has 25 heavy (non-hydrogen) atoms. The lowest BCUT2D eigenvalue weighted by Crippen LogP contribution is -2.27. The summed E-state index contributed by atoms with van der Waals surface area (Å²) < 4.78 is 41.0. The molecular formula is C17H16ClF3N4. The molecule has 1 aliphatic heterocycles. The van der Waals surface area contributed by atoms with Crippen LogP contribution in [0.3, 0.4) is 0 Å². The number of hydrogen-bond donors (Lipinski definition) is 1. The van der Waals surface area contributed by atoms with Crippen LogP contribution in [-0.2, 0) is 6.42 Å². The number of pyridine rings is 1. The molecule has 1 aromatic rings. The third kappa shape index (κ3) is 3.39. The van der Waals surface area contributed by atoms with Gasteiger partial charge < -0.3 is 5.73 Å². The van der Waals surface area contributed by atoms with Crippen LogP contribution in [0.25, 0.3) is 5.57 Å². The van der Waals surface area contributed by atoms with Gasteiger partial charge in [0.2, 0.25) is 0 Å². The molecule has 0 saturated carbocycles. The number of aliphatic imine (C=N–C) groups is 2. The molecule has 0 amide bonds. The monoisotopic (exact) mass is 368 g/mol. The highest BCUT2D eigenvalue weighted by molar-refractivity contribution is 6.40. The zero-order valence-electron chi connectivity index (χ0n) is 13.4. The van der Waals surface area contributed by atoms with E-state index in [1.54, 1.807) is 12.1 Å². The van der Waals surface area contributed by atoms with Gasteiger partial charge >= 0.3 is 6.18 Å². The topological polar surface area (TPSA) is 63.6 Å². The first-order valence-electron chi connectivity index (χ1n) is 7.84. The van der Waals surface area contributed by atoms with Gasteiger partial charge in [0, 0.05) is 18.2 Å². The molecule has 132 valence electrons. The molecule has 0 fully saturated rings. The summed E-state index contributed by atoms with van der Waals surface area (Å²) in [5.74, 6) is 0.478. The molecular weight excluding hydrogens is 353 g/mol. The average Bonchev–Trinajstić information content (AvgIpc) is 2.96. The van der Waals surface area contributed by atoms with E-state index >= 15 is 0 Å². The van der Waals surface area contributed by atoms with E-state index in [4.69, 9.17) is 17.3 Å². The van der Waals surface area contributed by atoms with Crippen molar-refractivity contribution >= 4 is 28.7 Å². The lowest BCUT2D eigenvalue weighted by atomic mass is 9.89. The highest BCUT2D eigenvalue weighted by Gasteiger charge is 2.45. The van der Waals surface area contributed by atoms with Crippen molar-refractivity contribution in [3.05, 3.63) is 46.9 Å². The minimum atomic E-state index is -4.60. The molecule has 0 saturated heterocycles. The molecule has 1 aromatic heterocycles. The van der Waals surface area contributed by atoms with Gasteiger partial charge in [-0.15, -0.1) is 11.6 Å². The first-order valence-corrected chi connectivity index (χ1v) is 8.28. The largest absolute Gasteiger partial charge is 0.415 e. The van der Waals surface area contributed by atoms with Gasteiger partial charge in [-0.05, 0) is 30.7 Å². The van der Waals surface area contributed by atoms with E-state index in [-0.39, 0.29) is 17.0 Å². The molecule has 2 aliphatic rings. The number of hydrogen-bond acceptors (Lipinski definition) is 4. The maximum atomic E-state index is 13.7. The number of amidine groups is 1. The summed E-state index contributed by atoms with van der Waals surface area (Å²) in [6.45, 7) is 2.28. The van der Waals surface area contributed by atoms with Crippen LogP contribution in [0.5, 0.6) is 0 Å². The van der Waals surface area contributed by atoms with Crippen molar-refractivity contribution in [1.29, 1.82) is 0 Å².